The molecule has 0 spiro atoms. The lowest BCUT2D eigenvalue weighted by Gasteiger charge is -2.12. The van der Waals surface area contributed by atoms with Gasteiger partial charge in [0, 0.05) is 12.3 Å². The summed E-state index contributed by atoms with van der Waals surface area (Å²) in [7, 11) is 0. The Hall–Kier alpha value is -1.44. The topological polar surface area (TPSA) is 58.6 Å². The van der Waals surface area contributed by atoms with Crippen LogP contribution in [0.5, 0.6) is 5.75 Å². The molecule has 2 aromatic carbocycles. The molecule has 0 aliphatic heterocycles. The zero-order chi connectivity index (χ0) is 16.8. The molecule has 0 radical (unpaired) electrons. The first-order valence-electron chi connectivity index (χ1n) is 6.76. The number of aliphatic hydroxyl groups is 1. The largest absolute Gasteiger partial charge is 0.481 e. The molecule has 0 bridgehead atoms. The van der Waals surface area contributed by atoms with Crippen molar-refractivity contribution in [3.05, 3.63) is 56.7 Å². The molecule has 4 nitrogen and oxygen atoms in total. The van der Waals surface area contributed by atoms with Crippen LogP contribution in [0.2, 0.25) is 0 Å². The van der Waals surface area contributed by atoms with Crippen molar-refractivity contribution < 1.29 is 19.0 Å². The van der Waals surface area contributed by atoms with Gasteiger partial charge in [0.1, 0.15) is 11.6 Å². The molecular weight excluding hydrogens is 433 g/mol. The van der Waals surface area contributed by atoms with E-state index in [2.05, 4.69) is 37.2 Å². The van der Waals surface area contributed by atoms with Gasteiger partial charge in [0.05, 0.1) is 8.95 Å². The third kappa shape index (κ3) is 5.30. The first kappa shape index (κ1) is 17.9. The number of ether oxygens (including phenoxy) is 1. The number of hydrogen-bond acceptors (Lipinski definition) is 3. The highest BCUT2D eigenvalue weighted by molar-refractivity contribution is 9.11. The molecule has 0 aromatic heterocycles. The molecule has 2 N–H and O–H groups in total. The minimum Gasteiger partial charge on any atom is -0.481 e. The van der Waals surface area contributed by atoms with Gasteiger partial charge in [-0.1, -0.05) is 0 Å². The zero-order valence-corrected chi connectivity index (χ0v) is 15.2. The van der Waals surface area contributed by atoms with E-state index < -0.39 is 0 Å². The molecule has 0 aliphatic rings. The van der Waals surface area contributed by atoms with E-state index in [4.69, 9.17) is 9.84 Å². The van der Waals surface area contributed by atoms with E-state index in [1.165, 1.54) is 24.3 Å². The maximum atomic E-state index is 12.8. The van der Waals surface area contributed by atoms with E-state index in [9.17, 15) is 9.18 Å². The fourth-order valence-corrected chi connectivity index (χ4v) is 3.40. The van der Waals surface area contributed by atoms with E-state index in [1.54, 1.807) is 0 Å². The van der Waals surface area contributed by atoms with Gasteiger partial charge in [-0.2, -0.15) is 0 Å². The molecule has 0 saturated heterocycles. The molecule has 0 atom stereocenters. The number of carbonyl (C=O) groups excluding carboxylic acids is 1. The van der Waals surface area contributed by atoms with Gasteiger partial charge in [0.25, 0.3) is 5.91 Å². The fourth-order valence-electron chi connectivity index (χ4n) is 1.89. The second kappa shape index (κ2) is 8.42. The summed E-state index contributed by atoms with van der Waals surface area (Å²) in [5, 5.41) is 11.6. The van der Waals surface area contributed by atoms with E-state index in [-0.39, 0.29) is 24.9 Å². The smallest absolute Gasteiger partial charge is 0.262 e. The molecule has 2 rings (SSSR count). The van der Waals surface area contributed by atoms with Crippen LogP contribution in [0.1, 0.15) is 5.56 Å². The maximum absolute atomic E-state index is 12.8. The summed E-state index contributed by atoms with van der Waals surface area (Å²) in [4.78, 5) is 11.9. The van der Waals surface area contributed by atoms with Gasteiger partial charge in [-0.05, 0) is 80.2 Å². The van der Waals surface area contributed by atoms with E-state index in [0.29, 0.717) is 26.8 Å². The quantitative estimate of drug-likeness (QED) is 0.707. The highest BCUT2D eigenvalue weighted by atomic mass is 79.9. The SMILES string of the molecule is O=C(COc1c(Br)cc(CCO)cc1Br)Nc1ccc(F)cc1. The minimum atomic E-state index is -0.366. The molecule has 122 valence electrons. The normalized spacial score (nSPS) is 10.4. The van der Waals surface area contributed by atoms with Gasteiger partial charge in [0.15, 0.2) is 6.61 Å². The van der Waals surface area contributed by atoms with Crippen LogP contribution in [0.3, 0.4) is 0 Å². The van der Waals surface area contributed by atoms with Crippen molar-refractivity contribution in [2.45, 2.75) is 6.42 Å². The number of halogens is 3. The number of anilines is 1. The molecule has 0 unspecified atom stereocenters. The third-order valence-corrected chi connectivity index (χ3v) is 4.11. The summed E-state index contributed by atoms with van der Waals surface area (Å²) in [5.41, 5.74) is 1.44. The minimum absolute atomic E-state index is 0.0547. The van der Waals surface area contributed by atoms with Gasteiger partial charge in [0.2, 0.25) is 0 Å². The van der Waals surface area contributed by atoms with Crippen molar-refractivity contribution in [1.82, 2.24) is 0 Å². The Kier molecular flexibility index (Phi) is 6.56. The van der Waals surface area contributed by atoms with E-state index >= 15 is 0 Å². The van der Waals surface area contributed by atoms with Crippen LogP contribution in [0, 0.1) is 5.82 Å². The number of benzene rings is 2. The zero-order valence-electron chi connectivity index (χ0n) is 12.0. The molecule has 23 heavy (non-hydrogen) atoms. The Morgan fingerprint density at radius 2 is 1.78 bits per heavy atom. The number of amides is 1. The molecule has 0 heterocycles. The molecular formula is C16H14Br2FNO3. The second-order valence-electron chi connectivity index (χ2n) is 4.71. The fraction of sp³-hybridized carbons (Fsp3) is 0.188. The van der Waals surface area contributed by atoms with Crippen LogP contribution < -0.4 is 10.1 Å². The van der Waals surface area contributed by atoms with Gasteiger partial charge >= 0.3 is 0 Å². The monoisotopic (exact) mass is 445 g/mol. The van der Waals surface area contributed by atoms with Gasteiger partial charge in [-0.25, -0.2) is 4.39 Å². The Bertz CT molecular complexity index is 669. The summed E-state index contributed by atoms with van der Waals surface area (Å²) in [6, 6.07) is 9.14. The van der Waals surface area contributed by atoms with Crippen LogP contribution in [-0.2, 0) is 11.2 Å². The molecule has 1 amide bonds. The average molecular weight is 447 g/mol. The van der Waals surface area contributed by atoms with Gasteiger partial charge in [-0.15, -0.1) is 0 Å². The third-order valence-electron chi connectivity index (χ3n) is 2.93. The summed E-state index contributed by atoms with van der Waals surface area (Å²) in [6.07, 6.45) is 0.530. The number of nitrogens with one attached hydrogen (secondary N) is 1. The van der Waals surface area contributed by atoms with Crippen LogP contribution in [0.4, 0.5) is 10.1 Å². The van der Waals surface area contributed by atoms with E-state index in [0.717, 1.165) is 5.56 Å². The number of rotatable bonds is 6. The Labute approximate surface area is 149 Å². The molecule has 0 fully saturated rings. The number of hydrogen-bond donors (Lipinski definition) is 2. The summed E-state index contributed by atoms with van der Waals surface area (Å²) >= 11 is 6.77. The second-order valence-corrected chi connectivity index (χ2v) is 6.41. The van der Waals surface area contributed by atoms with Gasteiger partial charge in [-0.3, -0.25) is 4.79 Å². The van der Waals surface area contributed by atoms with Crippen molar-refractivity contribution in [2.75, 3.05) is 18.5 Å². The summed E-state index contributed by atoms with van der Waals surface area (Å²) < 4.78 is 19.7. The predicted molar refractivity (Wildman–Crippen MR) is 93.2 cm³/mol. The van der Waals surface area contributed by atoms with Crippen molar-refractivity contribution in [1.29, 1.82) is 0 Å². The summed E-state index contributed by atoms with van der Waals surface area (Å²) in [5.74, 6) is -0.217. The Balaban J connectivity index is 1.97. The average Bonchev–Trinajstić information content (AvgIpc) is 2.49. The Morgan fingerprint density at radius 3 is 2.35 bits per heavy atom. The van der Waals surface area contributed by atoms with Crippen molar-refractivity contribution in [2.24, 2.45) is 0 Å². The van der Waals surface area contributed by atoms with E-state index in [1.807, 2.05) is 12.1 Å². The maximum Gasteiger partial charge on any atom is 0.262 e. The lowest BCUT2D eigenvalue weighted by molar-refractivity contribution is -0.118. The molecule has 0 aliphatic carbocycles. The van der Waals surface area contributed by atoms with Crippen LogP contribution in [0.25, 0.3) is 0 Å². The van der Waals surface area contributed by atoms with Crippen molar-refractivity contribution in [3.8, 4) is 5.75 Å². The molecule has 2 aromatic rings. The Morgan fingerprint density at radius 1 is 1.17 bits per heavy atom. The lowest BCUT2D eigenvalue weighted by atomic mass is 10.1. The van der Waals surface area contributed by atoms with Crippen molar-refractivity contribution >= 4 is 43.5 Å². The van der Waals surface area contributed by atoms with Crippen LogP contribution in [0.15, 0.2) is 45.3 Å². The summed E-state index contributed by atoms with van der Waals surface area (Å²) in [6.45, 7) is -0.132. The standard InChI is InChI=1S/C16H14Br2FNO3/c17-13-7-10(5-6-21)8-14(18)16(13)23-9-15(22)20-12-3-1-11(19)2-4-12/h1-4,7-8,21H,5-6,9H2,(H,20,22). The first-order valence-corrected chi connectivity index (χ1v) is 8.35. The highest BCUT2D eigenvalue weighted by Gasteiger charge is 2.11. The first-order chi connectivity index (χ1) is 11.0. The number of aliphatic hydroxyl groups excluding tert-OH is 1. The highest BCUT2D eigenvalue weighted by Crippen LogP contribution is 2.34. The molecule has 7 heteroatoms. The van der Waals surface area contributed by atoms with Gasteiger partial charge < -0.3 is 15.2 Å². The molecule has 0 saturated carbocycles. The predicted octanol–water partition coefficient (Wildman–Crippen LogP) is 3.90. The lowest BCUT2D eigenvalue weighted by Crippen LogP contribution is -2.20. The van der Waals surface area contributed by atoms with Crippen LogP contribution in [-0.4, -0.2) is 24.2 Å². The van der Waals surface area contributed by atoms with Crippen molar-refractivity contribution in [3.63, 3.8) is 0 Å². The van der Waals surface area contributed by atoms with Crippen LogP contribution >= 0.6 is 31.9 Å². The number of carbonyl (C=O) groups is 1.